The van der Waals surface area contributed by atoms with Crippen LogP contribution < -0.4 is 5.32 Å². The second-order valence-electron chi connectivity index (χ2n) is 7.20. The van der Waals surface area contributed by atoms with E-state index in [9.17, 15) is 9.59 Å². The van der Waals surface area contributed by atoms with Gasteiger partial charge in [0.2, 0.25) is 11.8 Å². The largest absolute Gasteiger partial charge is 0.374 e. The third kappa shape index (κ3) is 3.72. The van der Waals surface area contributed by atoms with Crippen LogP contribution in [0.3, 0.4) is 0 Å². The summed E-state index contributed by atoms with van der Waals surface area (Å²) in [4.78, 5) is 26.4. The van der Waals surface area contributed by atoms with Crippen LogP contribution in [0.2, 0.25) is 0 Å². The summed E-state index contributed by atoms with van der Waals surface area (Å²) in [6, 6.07) is -0.440. The average molecular weight is 284 g/mol. The Bertz CT molecular complexity index is 383. The molecule has 5 nitrogen and oxygen atoms in total. The van der Waals surface area contributed by atoms with Gasteiger partial charge in [-0.2, -0.15) is 0 Å². The quantitative estimate of drug-likeness (QED) is 0.852. The zero-order valence-electron chi connectivity index (χ0n) is 13.7. The topological polar surface area (TPSA) is 58.6 Å². The molecule has 0 aromatic rings. The number of hydrogen-bond acceptors (Lipinski definition) is 3. The van der Waals surface area contributed by atoms with Crippen LogP contribution in [0.15, 0.2) is 0 Å². The minimum absolute atomic E-state index is 0.0258. The van der Waals surface area contributed by atoms with Crippen LogP contribution in [0.5, 0.6) is 0 Å². The highest BCUT2D eigenvalue weighted by atomic mass is 16.5. The van der Waals surface area contributed by atoms with Gasteiger partial charge in [-0.3, -0.25) is 9.59 Å². The predicted molar refractivity (Wildman–Crippen MR) is 78.3 cm³/mol. The molecule has 1 heterocycles. The smallest absolute Gasteiger partial charge is 0.246 e. The molecule has 0 aliphatic carbocycles. The molecule has 1 rings (SSSR count). The van der Waals surface area contributed by atoms with Crippen molar-refractivity contribution in [1.82, 2.24) is 10.2 Å². The molecule has 1 aliphatic rings. The first-order chi connectivity index (χ1) is 8.97. The molecule has 1 fully saturated rings. The summed E-state index contributed by atoms with van der Waals surface area (Å²) in [5, 5.41) is 2.82. The van der Waals surface area contributed by atoms with Gasteiger partial charge in [-0.25, -0.2) is 0 Å². The van der Waals surface area contributed by atoms with E-state index in [1.165, 1.54) is 0 Å². The normalized spacial score (nSPS) is 23.2. The Labute approximate surface area is 122 Å². The summed E-state index contributed by atoms with van der Waals surface area (Å²) in [6.45, 7) is 14.2. The van der Waals surface area contributed by atoms with Gasteiger partial charge in [0.15, 0.2) is 0 Å². The lowest BCUT2D eigenvalue weighted by atomic mass is 9.91. The standard InChI is InChI=1S/C15H28N2O3/c1-10(2)11-12(18)17(8-9-20-14(3,4)5)15(6,7)13(19)16-11/h10-11H,8-9H2,1-7H3,(H,16,19). The molecule has 0 aromatic heterocycles. The number of carbonyl (C=O) groups excluding carboxylic acids is 2. The second kappa shape index (κ2) is 5.72. The van der Waals surface area contributed by atoms with Gasteiger partial charge in [0.05, 0.1) is 12.2 Å². The molecule has 20 heavy (non-hydrogen) atoms. The zero-order chi connectivity index (χ0) is 15.7. The Morgan fingerprint density at radius 3 is 2.30 bits per heavy atom. The maximum atomic E-state index is 12.5. The van der Waals surface area contributed by atoms with Crippen LogP contribution in [0, 0.1) is 5.92 Å². The van der Waals surface area contributed by atoms with Crippen LogP contribution in [-0.2, 0) is 14.3 Å². The zero-order valence-corrected chi connectivity index (χ0v) is 13.7. The van der Waals surface area contributed by atoms with Crippen molar-refractivity contribution < 1.29 is 14.3 Å². The van der Waals surface area contributed by atoms with Crippen LogP contribution in [-0.4, -0.2) is 47.0 Å². The Hall–Kier alpha value is -1.10. The number of nitrogens with one attached hydrogen (secondary N) is 1. The number of amides is 2. The van der Waals surface area contributed by atoms with Gasteiger partial charge in [-0.1, -0.05) is 13.8 Å². The minimum atomic E-state index is -0.830. The Kier molecular flexibility index (Phi) is 4.85. The molecule has 5 heteroatoms. The van der Waals surface area contributed by atoms with Crippen molar-refractivity contribution in [3.05, 3.63) is 0 Å². The minimum Gasteiger partial charge on any atom is -0.374 e. The van der Waals surface area contributed by atoms with E-state index in [2.05, 4.69) is 5.32 Å². The SMILES string of the molecule is CC(C)C1NC(=O)C(C)(C)N(CCOC(C)(C)C)C1=O. The molecule has 0 saturated carbocycles. The monoisotopic (exact) mass is 284 g/mol. The summed E-state index contributed by atoms with van der Waals surface area (Å²) < 4.78 is 5.68. The highest BCUT2D eigenvalue weighted by Crippen LogP contribution is 2.23. The molecule has 116 valence electrons. The van der Waals surface area contributed by atoms with Crippen molar-refractivity contribution in [2.45, 2.75) is 65.6 Å². The van der Waals surface area contributed by atoms with Crippen molar-refractivity contribution in [1.29, 1.82) is 0 Å². The van der Waals surface area contributed by atoms with Crippen molar-refractivity contribution >= 4 is 11.8 Å². The highest BCUT2D eigenvalue weighted by molar-refractivity contribution is 5.99. The third-order valence-corrected chi connectivity index (χ3v) is 3.57. The first-order valence-electron chi connectivity index (χ1n) is 7.23. The lowest BCUT2D eigenvalue weighted by Crippen LogP contribution is -2.69. The summed E-state index contributed by atoms with van der Waals surface area (Å²) in [7, 11) is 0. The first-order valence-corrected chi connectivity index (χ1v) is 7.23. The summed E-state index contributed by atoms with van der Waals surface area (Å²) >= 11 is 0. The van der Waals surface area contributed by atoms with Crippen molar-refractivity contribution in [2.24, 2.45) is 5.92 Å². The van der Waals surface area contributed by atoms with Gasteiger partial charge in [0, 0.05) is 6.54 Å². The summed E-state index contributed by atoms with van der Waals surface area (Å²) in [5.41, 5.74) is -1.08. The Balaban J connectivity index is 2.82. The maximum absolute atomic E-state index is 12.5. The van der Waals surface area contributed by atoms with E-state index in [4.69, 9.17) is 4.74 Å². The van der Waals surface area contributed by atoms with Crippen molar-refractivity contribution in [3.63, 3.8) is 0 Å². The van der Waals surface area contributed by atoms with E-state index in [1.807, 2.05) is 34.6 Å². The lowest BCUT2D eigenvalue weighted by Gasteiger charge is -2.45. The molecular weight excluding hydrogens is 256 g/mol. The molecule has 1 saturated heterocycles. The van der Waals surface area contributed by atoms with E-state index in [0.717, 1.165) is 0 Å². The Morgan fingerprint density at radius 2 is 1.85 bits per heavy atom. The molecular formula is C15H28N2O3. The van der Waals surface area contributed by atoms with Crippen LogP contribution >= 0.6 is 0 Å². The molecule has 1 atom stereocenters. The number of ether oxygens (including phenoxy) is 1. The highest BCUT2D eigenvalue weighted by Gasteiger charge is 2.46. The van der Waals surface area contributed by atoms with E-state index in [0.29, 0.717) is 13.2 Å². The van der Waals surface area contributed by atoms with Crippen LogP contribution in [0.4, 0.5) is 0 Å². The fraction of sp³-hybridized carbons (Fsp3) is 0.867. The summed E-state index contributed by atoms with van der Waals surface area (Å²) in [6.07, 6.45) is 0. The van der Waals surface area contributed by atoms with E-state index in [-0.39, 0.29) is 23.3 Å². The van der Waals surface area contributed by atoms with Gasteiger partial charge in [-0.05, 0) is 40.5 Å². The summed E-state index contributed by atoms with van der Waals surface area (Å²) in [5.74, 6) is -0.0535. The molecule has 0 aromatic carbocycles. The number of hydrogen-bond donors (Lipinski definition) is 1. The molecule has 0 radical (unpaired) electrons. The number of carbonyl (C=O) groups is 2. The predicted octanol–water partition coefficient (Wildman–Crippen LogP) is 1.56. The fourth-order valence-corrected chi connectivity index (χ4v) is 2.23. The molecule has 2 amide bonds. The Morgan fingerprint density at radius 1 is 1.30 bits per heavy atom. The van der Waals surface area contributed by atoms with Gasteiger partial charge in [-0.15, -0.1) is 0 Å². The second-order valence-corrected chi connectivity index (χ2v) is 7.20. The molecule has 0 bridgehead atoms. The number of piperazine rings is 1. The lowest BCUT2D eigenvalue weighted by molar-refractivity contribution is -0.158. The third-order valence-electron chi connectivity index (χ3n) is 3.57. The number of rotatable bonds is 4. The molecule has 1 aliphatic heterocycles. The van der Waals surface area contributed by atoms with Gasteiger partial charge < -0.3 is 15.0 Å². The van der Waals surface area contributed by atoms with Crippen LogP contribution in [0.1, 0.15) is 48.5 Å². The van der Waals surface area contributed by atoms with E-state index in [1.54, 1.807) is 18.7 Å². The van der Waals surface area contributed by atoms with Crippen molar-refractivity contribution in [3.8, 4) is 0 Å². The van der Waals surface area contributed by atoms with Crippen LogP contribution in [0.25, 0.3) is 0 Å². The van der Waals surface area contributed by atoms with E-state index >= 15 is 0 Å². The van der Waals surface area contributed by atoms with Gasteiger partial charge in [0.1, 0.15) is 11.6 Å². The molecule has 0 spiro atoms. The maximum Gasteiger partial charge on any atom is 0.246 e. The van der Waals surface area contributed by atoms with Gasteiger partial charge in [0.25, 0.3) is 0 Å². The fourth-order valence-electron chi connectivity index (χ4n) is 2.23. The number of nitrogens with zero attached hydrogens (tertiary/aromatic N) is 1. The average Bonchev–Trinajstić information content (AvgIpc) is 2.26. The first kappa shape index (κ1) is 17.0. The molecule has 1 N–H and O–H groups in total. The molecule has 1 unspecified atom stereocenters. The van der Waals surface area contributed by atoms with Gasteiger partial charge >= 0.3 is 0 Å². The van der Waals surface area contributed by atoms with E-state index < -0.39 is 11.6 Å². The van der Waals surface area contributed by atoms with Crippen molar-refractivity contribution in [2.75, 3.05) is 13.2 Å².